The zero-order valence-electron chi connectivity index (χ0n) is 29.1. The second kappa shape index (κ2) is 35.0. The van der Waals surface area contributed by atoms with Gasteiger partial charge in [0.2, 0.25) is 0 Å². The van der Waals surface area contributed by atoms with Crippen molar-refractivity contribution in [2.75, 3.05) is 26.3 Å². The lowest BCUT2D eigenvalue weighted by molar-refractivity contribution is 0.124. The van der Waals surface area contributed by atoms with E-state index in [0.717, 1.165) is 32.1 Å². The molecular weight excluding hydrogens is 536 g/mol. The van der Waals surface area contributed by atoms with Crippen LogP contribution in [0.4, 0.5) is 9.59 Å². The van der Waals surface area contributed by atoms with E-state index in [-0.39, 0.29) is 12.2 Å². The number of amides is 2. The molecule has 0 saturated heterocycles. The number of rotatable bonds is 33. The van der Waals surface area contributed by atoms with E-state index in [1.54, 1.807) is 0 Å². The van der Waals surface area contributed by atoms with E-state index in [0.29, 0.717) is 32.2 Å². The van der Waals surface area contributed by atoms with Crippen LogP contribution in [0.2, 0.25) is 0 Å². The minimum atomic E-state index is -0.303. The fraction of sp³-hybridized carbons (Fsp3) is 0.946. The van der Waals surface area contributed by atoms with Gasteiger partial charge in [-0.3, -0.25) is 0 Å². The summed E-state index contributed by atoms with van der Waals surface area (Å²) in [6.45, 7) is 8.91. The average molecular weight is 611 g/mol. The molecule has 1 unspecified atom stereocenters. The molecule has 6 nitrogen and oxygen atoms in total. The number of carbonyl (C=O) groups is 2. The van der Waals surface area contributed by atoms with Crippen LogP contribution in [0.15, 0.2) is 0 Å². The number of alkyl carbamates (subject to hydrolysis) is 2. The first kappa shape index (κ1) is 41.5. The SMILES string of the molecule is CCCCCCCCCCCCCCNC(=O)OCCCCC(C)COC(=O)NCCCCCCCCCCCCCC. The Balaban J connectivity index is 3.36. The van der Waals surface area contributed by atoms with Gasteiger partial charge in [0.05, 0.1) is 13.2 Å². The number of hydrogen-bond donors (Lipinski definition) is 2. The van der Waals surface area contributed by atoms with E-state index in [2.05, 4.69) is 31.4 Å². The Morgan fingerprint density at radius 3 is 1.21 bits per heavy atom. The van der Waals surface area contributed by atoms with E-state index >= 15 is 0 Å². The summed E-state index contributed by atoms with van der Waals surface area (Å²) in [5.74, 6) is 0.303. The summed E-state index contributed by atoms with van der Waals surface area (Å²) in [4.78, 5) is 23.8. The van der Waals surface area contributed by atoms with E-state index in [9.17, 15) is 9.59 Å². The van der Waals surface area contributed by atoms with Gasteiger partial charge in [0.15, 0.2) is 0 Å². The molecule has 0 radical (unpaired) electrons. The van der Waals surface area contributed by atoms with Gasteiger partial charge < -0.3 is 20.1 Å². The van der Waals surface area contributed by atoms with Crippen LogP contribution in [0.1, 0.15) is 194 Å². The molecule has 0 aromatic carbocycles. The Labute approximate surface area is 268 Å². The van der Waals surface area contributed by atoms with Crippen molar-refractivity contribution in [2.45, 2.75) is 194 Å². The fourth-order valence-corrected chi connectivity index (χ4v) is 5.48. The fourth-order valence-electron chi connectivity index (χ4n) is 5.48. The average Bonchev–Trinajstić information content (AvgIpc) is 3.00. The third-order valence-electron chi connectivity index (χ3n) is 8.42. The Bertz CT molecular complexity index is 587. The minimum absolute atomic E-state index is 0.302. The zero-order chi connectivity index (χ0) is 31.5. The first-order valence-corrected chi connectivity index (χ1v) is 18.9. The second-order valence-electron chi connectivity index (χ2n) is 13.0. The molecule has 2 amide bonds. The largest absolute Gasteiger partial charge is 0.450 e. The van der Waals surface area contributed by atoms with Crippen LogP contribution in [-0.4, -0.2) is 38.5 Å². The molecule has 256 valence electrons. The molecule has 0 aromatic heterocycles. The lowest BCUT2D eigenvalue weighted by atomic mass is 10.1. The van der Waals surface area contributed by atoms with Crippen LogP contribution < -0.4 is 10.6 Å². The summed E-state index contributed by atoms with van der Waals surface area (Å²) in [5.41, 5.74) is 0. The van der Waals surface area contributed by atoms with Crippen LogP contribution in [0.3, 0.4) is 0 Å². The van der Waals surface area contributed by atoms with Gasteiger partial charge in [-0.15, -0.1) is 0 Å². The van der Waals surface area contributed by atoms with Gasteiger partial charge in [0.1, 0.15) is 0 Å². The number of nitrogens with one attached hydrogen (secondary N) is 2. The highest BCUT2D eigenvalue weighted by Gasteiger charge is 2.08. The van der Waals surface area contributed by atoms with Crippen molar-refractivity contribution >= 4 is 12.2 Å². The predicted octanol–water partition coefficient (Wildman–Crippen LogP) is 11.6. The Hall–Kier alpha value is -1.46. The van der Waals surface area contributed by atoms with Crippen molar-refractivity contribution in [2.24, 2.45) is 5.92 Å². The highest BCUT2D eigenvalue weighted by atomic mass is 16.6. The van der Waals surface area contributed by atoms with Gasteiger partial charge in [0, 0.05) is 13.1 Å². The molecule has 0 aromatic rings. The maximum atomic E-state index is 11.9. The molecule has 0 aliphatic carbocycles. The van der Waals surface area contributed by atoms with Crippen molar-refractivity contribution in [1.29, 1.82) is 0 Å². The van der Waals surface area contributed by atoms with Crippen LogP contribution in [0, 0.1) is 5.92 Å². The minimum Gasteiger partial charge on any atom is -0.450 e. The zero-order valence-corrected chi connectivity index (χ0v) is 29.1. The van der Waals surface area contributed by atoms with E-state index < -0.39 is 0 Å². The third kappa shape index (κ3) is 34.9. The normalized spacial score (nSPS) is 11.8. The van der Waals surface area contributed by atoms with Gasteiger partial charge in [-0.05, 0) is 38.0 Å². The first-order chi connectivity index (χ1) is 21.1. The van der Waals surface area contributed by atoms with Gasteiger partial charge in [-0.1, -0.05) is 162 Å². The highest BCUT2D eigenvalue weighted by molar-refractivity contribution is 5.67. The van der Waals surface area contributed by atoms with Crippen molar-refractivity contribution in [1.82, 2.24) is 10.6 Å². The molecule has 0 aliphatic heterocycles. The van der Waals surface area contributed by atoms with Crippen molar-refractivity contribution in [3.05, 3.63) is 0 Å². The van der Waals surface area contributed by atoms with Crippen LogP contribution in [0.5, 0.6) is 0 Å². The summed E-state index contributed by atoms with van der Waals surface area (Å²) < 4.78 is 10.7. The monoisotopic (exact) mass is 611 g/mol. The number of ether oxygens (including phenoxy) is 2. The molecule has 0 aliphatic rings. The summed E-state index contributed by atoms with van der Waals surface area (Å²) in [6.07, 6.45) is 33.7. The molecule has 6 heteroatoms. The van der Waals surface area contributed by atoms with Crippen molar-refractivity contribution in [3.63, 3.8) is 0 Å². The summed E-state index contributed by atoms with van der Waals surface area (Å²) >= 11 is 0. The quantitative estimate of drug-likeness (QED) is 0.0725. The Morgan fingerprint density at radius 1 is 0.465 bits per heavy atom. The second-order valence-corrected chi connectivity index (χ2v) is 13.0. The summed E-state index contributed by atoms with van der Waals surface area (Å²) in [5, 5.41) is 5.75. The van der Waals surface area contributed by atoms with Gasteiger partial charge in [0.25, 0.3) is 0 Å². The molecule has 1 atom stereocenters. The number of carbonyl (C=O) groups excluding carboxylic acids is 2. The maximum Gasteiger partial charge on any atom is 0.407 e. The molecule has 0 bridgehead atoms. The summed E-state index contributed by atoms with van der Waals surface area (Å²) in [6, 6.07) is 0. The lowest BCUT2D eigenvalue weighted by Gasteiger charge is -2.13. The van der Waals surface area contributed by atoms with E-state index in [1.165, 1.54) is 141 Å². The number of unbranched alkanes of at least 4 members (excludes halogenated alkanes) is 23. The molecule has 0 fully saturated rings. The van der Waals surface area contributed by atoms with Gasteiger partial charge >= 0.3 is 12.2 Å². The Kier molecular flexibility index (Phi) is 33.8. The standard InChI is InChI=1S/C37H74N2O4/c1-4-6-8-10-12-14-16-18-20-22-24-27-31-38-36(40)42-33-29-26-30-35(3)34-43-37(41)39-32-28-25-23-21-19-17-15-13-11-9-7-5-2/h35H,4-34H2,1-3H3,(H,38,40)(H,39,41). The molecule has 0 heterocycles. The first-order valence-electron chi connectivity index (χ1n) is 18.9. The molecule has 0 saturated carbocycles. The van der Waals surface area contributed by atoms with Gasteiger partial charge in [-0.25, -0.2) is 9.59 Å². The predicted molar refractivity (Wildman–Crippen MR) is 184 cm³/mol. The van der Waals surface area contributed by atoms with Crippen LogP contribution >= 0.6 is 0 Å². The van der Waals surface area contributed by atoms with Gasteiger partial charge in [-0.2, -0.15) is 0 Å². The molecular formula is C37H74N2O4. The molecule has 0 spiro atoms. The highest BCUT2D eigenvalue weighted by Crippen LogP contribution is 2.13. The van der Waals surface area contributed by atoms with Crippen LogP contribution in [0.25, 0.3) is 0 Å². The molecule has 2 N–H and O–H groups in total. The number of hydrogen-bond acceptors (Lipinski definition) is 4. The summed E-state index contributed by atoms with van der Waals surface area (Å²) in [7, 11) is 0. The van der Waals surface area contributed by atoms with E-state index in [4.69, 9.17) is 9.47 Å². The third-order valence-corrected chi connectivity index (χ3v) is 8.42. The lowest BCUT2D eigenvalue weighted by Crippen LogP contribution is -2.27. The molecule has 0 rings (SSSR count). The maximum absolute atomic E-state index is 11.9. The van der Waals surface area contributed by atoms with Crippen LogP contribution in [-0.2, 0) is 9.47 Å². The smallest absolute Gasteiger partial charge is 0.407 e. The molecule has 43 heavy (non-hydrogen) atoms. The van der Waals surface area contributed by atoms with E-state index in [1.807, 2.05) is 0 Å². The van der Waals surface area contributed by atoms with Crippen molar-refractivity contribution < 1.29 is 19.1 Å². The topological polar surface area (TPSA) is 76.7 Å². The van der Waals surface area contributed by atoms with Crippen molar-refractivity contribution in [3.8, 4) is 0 Å². The Morgan fingerprint density at radius 2 is 0.814 bits per heavy atom.